The zero-order valence-electron chi connectivity index (χ0n) is 17.2. The minimum Gasteiger partial charge on any atom is -0.395 e. The summed E-state index contributed by atoms with van der Waals surface area (Å²) in [5.74, 6) is -1.09. The van der Waals surface area contributed by atoms with E-state index in [1.807, 2.05) is 0 Å². The molecule has 4 rings (SSSR count). The van der Waals surface area contributed by atoms with E-state index in [4.69, 9.17) is 5.73 Å². The first kappa shape index (κ1) is 21.5. The number of nitrogens with two attached hydrogens (primary N) is 1. The van der Waals surface area contributed by atoms with Gasteiger partial charge in [-0.1, -0.05) is 6.07 Å². The average Bonchev–Trinajstić information content (AvgIpc) is 3.34. The highest BCUT2D eigenvalue weighted by Crippen LogP contribution is 2.24. The predicted octanol–water partition coefficient (Wildman–Crippen LogP) is -0.136. The van der Waals surface area contributed by atoms with Crippen molar-refractivity contribution in [3.63, 3.8) is 0 Å². The van der Waals surface area contributed by atoms with E-state index in [1.54, 1.807) is 36.4 Å². The van der Waals surface area contributed by atoms with Gasteiger partial charge < -0.3 is 31.5 Å². The third-order valence-corrected chi connectivity index (χ3v) is 5.45. The number of aliphatic hydroxyl groups excluding tert-OH is 2. The zero-order valence-corrected chi connectivity index (χ0v) is 17.2. The maximum Gasteiger partial charge on any atom is 0.253 e. The number of carbonyl (C=O) groups excluding carboxylic acids is 3. The van der Waals surface area contributed by atoms with Gasteiger partial charge in [-0.15, -0.1) is 0 Å². The van der Waals surface area contributed by atoms with E-state index in [0.29, 0.717) is 35.9 Å². The lowest BCUT2D eigenvalue weighted by molar-refractivity contribution is -0.129. The van der Waals surface area contributed by atoms with E-state index in [2.05, 4.69) is 15.6 Å². The van der Waals surface area contributed by atoms with Crippen LogP contribution < -0.4 is 21.3 Å². The third-order valence-electron chi connectivity index (χ3n) is 5.45. The molecule has 10 nitrogen and oxygen atoms in total. The minimum atomic E-state index is -1.60. The molecule has 0 bridgehead atoms. The Morgan fingerprint density at radius 1 is 1.19 bits per heavy atom. The molecule has 166 valence electrons. The lowest BCUT2D eigenvalue weighted by atomic mass is 10.1. The van der Waals surface area contributed by atoms with Crippen LogP contribution in [0.2, 0.25) is 0 Å². The van der Waals surface area contributed by atoms with Crippen molar-refractivity contribution in [2.24, 2.45) is 10.7 Å². The molecule has 2 aliphatic rings. The molecular formula is C22H23N5O5. The Morgan fingerprint density at radius 3 is 2.78 bits per heavy atom. The molecule has 6 N–H and O–H groups in total. The molecule has 10 heteroatoms. The fourth-order valence-corrected chi connectivity index (χ4v) is 3.77. The van der Waals surface area contributed by atoms with Gasteiger partial charge in [0, 0.05) is 35.6 Å². The van der Waals surface area contributed by atoms with Crippen LogP contribution in [0.1, 0.15) is 33.5 Å². The highest BCUT2D eigenvalue weighted by Gasteiger charge is 2.26. The Morgan fingerprint density at radius 2 is 2.00 bits per heavy atom. The van der Waals surface area contributed by atoms with E-state index in [0.717, 1.165) is 16.7 Å². The second kappa shape index (κ2) is 8.77. The van der Waals surface area contributed by atoms with Crippen LogP contribution in [0.25, 0.3) is 0 Å². The number of hydrogen-bond donors (Lipinski definition) is 5. The highest BCUT2D eigenvalue weighted by atomic mass is 16.3. The van der Waals surface area contributed by atoms with Crippen LogP contribution in [0.4, 0.5) is 11.4 Å². The summed E-state index contributed by atoms with van der Waals surface area (Å²) in [4.78, 5) is 42.6. The van der Waals surface area contributed by atoms with E-state index in [1.165, 1.54) is 4.90 Å². The Labute approximate surface area is 183 Å². The SMILES string of the molecule is NC1=NCc2cc(NC(=O)[C@H](O)CC(=O)N(CCO)c3ccc4c(c3)C(=O)NC4)ccc21. The Balaban J connectivity index is 1.42. The van der Waals surface area contributed by atoms with Crippen LogP contribution in [0.15, 0.2) is 41.4 Å². The molecule has 0 fully saturated rings. The van der Waals surface area contributed by atoms with Gasteiger partial charge in [-0.05, 0) is 41.5 Å². The van der Waals surface area contributed by atoms with Crippen LogP contribution >= 0.6 is 0 Å². The molecule has 2 aromatic carbocycles. The van der Waals surface area contributed by atoms with Gasteiger partial charge in [0.25, 0.3) is 11.8 Å². The van der Waals surface area contributed by atoms with Crippen LogP contribution in [0.3, 0.4) is 0 Å². The normalized spacial score (nSPS) is 14.8. The number of nitrogens with zero attached hydrogens (tertiary/aromatic N) is 2. The number of rotatable bonds is 7. The van der Waals surface area contributed by atoms with E-state index in [-0.39, 0.29) is 19.1 Å². The van der Waals surface area contributed by atoms with E-state index in [9.17, 15) is 24.6 Å². The second-order valence-corrected chi connectivity index (χ2v) is 7.58. The van der Waals surface area contributed by atoms with Gasteiger partial charge in [0.15, 0.2) is 0 Å². The van der Waals surface area contributed by atoms with Crippen LogP contribution in [-0.2, 0) is 22.7 Å². The number of benzene rings is 2. The molecule has 2 aromatic rings. The van der Waals surface area contributed by atoms with Gasteiger partial charge in [0.2, 0.25) is 5.91 Å². The maximum atomic E-state index is 12.8. The van der Waals surface area contributed by atoms with Gasteiger partial charge in [-0.25, -0.2) is 0 Å². The highest BCUT2D eigenvalue weighted by molar-refractivity contribution is 6.04. The molecule has 3 amide bonds. The molecule has 2 aliphatic heterocycles. The predicted molar refractivity (Wildman–Crippen MR) is 117 cm³/mol. The lowest BCUT2D eigenvalue weighted by Crippen LogP contribution is -2.39. The van der Waals surface area contributed by atoms with Crippen molar-refractivity contribution < 1.29 is 24.6 Å². The summed E-state index contributed by atoms with van der Waals surface area (Å²) >= 11 is 0. The summed E-state index contributed by atoms with van der Waals surface area (Å²) in [6.07, 6.45) is -2.09. The van der Waals surface area contributed by atoms with Gasteiger partial charge in [-0.3, -0.25) is 19.4 Å². The van der Waals surface area contributed by atoms with Crippen molar-refractivity contribution in [1.82, 2.24) is 5.32 Å². The molecule has 2 heterocycles. The van der Waals surface area contributed by atoms with Gasteiger partial charge in [0.1, 0.15) is 11.9 Å². The Hall–Kier alpha value is -3.76. The number of aliphatic hydroxyl groups is 2. The van der Waals surface area contributed by atoms with Crippen molar-refractivity contribution in [3.8, 4) is 0 Å². The first-order valence-corrected chi connectivity index (χ1v) is 10.1. The molecule has 32 heavy (non-hydrogen) atoms. The first-order chi connectivity index (χ1) is 15.4. The van der Waals surface area contributed by atoms with Crippen molar-refractivity contribution in [3.05, 3.63) is 58.7 Å². The Kier molecular flexibility index (Phi) is 5.89. The molecular weight excluding hydrogens is 414 g/mol. The van der Waals surface area contributed by atoms with Crippen molar-refractivity contribution in [2.45, 2.75) is 25.6 Å². The number of anilines is 2. The number of amides is 3. The summed E-state index contributed by atoms with van der Waals surface area (Å²) in [5.41, 5.74) is 9.59. The average molecular weight is 437 g/mol. The molecule has 1 atom stereocenters. The number of nitrogens with one attached hydrogen (secondary N) is 2. The molecule has 0 unspecified atom stereocenters. The van der Waals surface area contributed by atoms with Crippen LogP contribution in [0.5, 0.6) is 0 Å². The lowest BCUT2D eigenvalue weighted by Gasteiger charge is -2.23. The molecule has 0 saturated heterocycles. The molecule has 0 aliphatic carbocycles. The Bertz CT molecular complexity index is 1130. The number of amidine groups is 1. The van der Waals surface area contributed by atoms with Crippen LogP contribution in [-0.4, -0.2) is 53.0 Å². The van der Waals surface area contributed by atoms with E-state index >= 15 is 0 Å². The van der Waals surface area contributed by atoms with Crippen molar-refractivity contribution in [1.29, 1.82) is 0 Å². The summed E-state index contributed by atoms with van der Waals surface area (Å²) in [7, 11) is 0. The monoisotopic (exact) mass is 437 g/mol. The number of carbonyl (C=O) groups is 3. The number of hydrogen-bond acceptors (Lipinski definition) is 7. The smallest absolute Gasteiger partial charge is 0.253 e. The van der Waals surface area contributed by atoms with Gasteiger partial charge in [-0.2, -0.15) is 0 Å². The molecule has 0 aromatic heterocycles. The molecule has 0 saturated carbocycles. The summed E-state index contributed by atoms with van der Waals surface area (Å²) in [6, 6.07) is 10.1. The van der Waals surface area contributed by atoms with E-state index < -0.39 is 24.3 Å². The minimum absolute atomic E-state index is 0.0418. The topological polar surface area (TPSA) is 157 Å². The number of fused-ring (bicyclic) bond motifs is 2. The largest absolute Gasteiger partial charge is 0.395 e. The number of aliphatic imine (C=N–C) groups is 1. The summed E-state index contributed by atoms with van der Waals surface area (Å²) < 4.78 is 0. The summed E-state index contributed by atoms with van der Waals surface area (Å²) in [6.45, 7) is 0.473. The summed E-state index contributed by atoms with van der Waals surface area (Å²) in [5, 5.41) is 25.0. The standard InChI is InChI=1S/C22H23N5O5/c23-20-16-4-2-14(7-13(16)11-24-20)26-22(32)18(29)9-19(30)27(5-6-28)15-3-1-12-10-25-21(31)17(12)8-15/h1-4,7-8,18,28-29H,5-6,9-11H2,(H2,23,24)(H,25,31)(H,26,32)/t18-/m1/s1. The second-order valence-electron chi connectivity index (χ2n) is 7.58. The third kappa shape index (κ3) is 4.18. The first-order valence-electron chi connectivity index (χ1n) is 10.1. The zero-order chi connectivity index (χ0) is 22.8. The fourth-order valence-electron chi connectivity index (χ4n) is 3.77. The quantitative estimate of drug-likeness (QED) is 0.406. The molecule has 0 spiro atoms. The molecule has 0 radical (unpaired) electrons. The van der Waals surface area contributed by atoms with Gasteiger partial charge in [0.05, 0.1) is 19.6 Å². The van der Waals surface area contributed by atoms with Crippen molar-refractivity contribution >= 4 is 34.9 Å². The van der Waals surface area contributed by atoms with Gasteiger partial charge >= 0.3 is 0 Å². The van der Waals surface area contributed by atoms with Crippen molar-refractivity contribution in [2.75, 3.05) is 23.4 Å². The maximum absolute atomic E-state index is 12.8. The van der Waals surface area contributed by atoms with Crippen LogP contribution in [0, 0.1) is 0 Å². The fraction of sp³-hybridized carbons (Fsp3) is 0.273.